The Morgan fingerprint density at radius 2 is 2.00 bits per heavy atom. The third-order valence-electron chi connectivity index (χ3n) is 3.70. The van der Waals surface area contributed by atoms with Crippen LogP contribution < -0.4 is 4.90 Å². The molecule has 0 spiro atoms. The van der Waals surface area contributed by atoms with Gasteiger partial charge in [-0.2, -0.15) is 0 Å². The second-order valence-electron chi connectivity index (χ2n) is 6.31. The lowest BCUT2D eigenvalue weighted by Gasteiger charge is -2.16. The van der Waals surface area contributed by atoms with E-state index >= 15 is 0 Å². The first-order chi connectivity index (χ1) is 12.3. The van der Waals surface area contributed by atoms with Crippen LogP contribution >= 0.6 is 23.4 Å². The zero-order valence-corrected chi connectivity index (χ0v) is 16.3. The summed E-state index contributed by atoms with van der Waals surface area (Å²) in [4.78, 5) is 19.9. The Morgan fingerprint density at radius 3 is 2.65 bits per heavy atom. The van der Waals surface area contributed by atoms with E-state index in [1.54, 1.807) is 23.1 Å². The number of carbonyl (C=O) groups is 1. The molecule has 4 nitrogen and oxygen atoms in total. The molecule has 1 aliphatic heterocycles. The number of rotatable bonds is 3. The van der Waals surface area contributed by atoms with Crippen LogP contribution in [0, 0.1) is 6.92 Å². The van der Waals surface area contributed by atoms with E-state index in [9.17, 15) is 9.90 Å². The molecule has 0 aromatic heterocycles. The van der Waals surface area contributed by atoms with Gasteiger partial charge in [0, 0.05) is 6.04 Å². The van der Waals surface area contributed by atoms with Gasteiger partial charge in [0.2, 0.25) is 0 Å². The van der Waals surface area contributed by atoms with Crippen molar-refractivity contribution in [2.24, 2.45) is 4.99 Å². The molecule has 26 heavy (non-hydrogen) atoms. The molecule has 0 aliphatic carbocycles. The number of carbonyl (C=O) groups excluding carboxylic acids is 1. The predicted octanol–water partition coefficient (Wildman–Crippen LogP) is 5.24. The molecule has 0 radical (unpaired) electrons. The van der Waals surface area contributed by atoms with E-state index < -0.39 is 0 Å². The maximum Gasteiger partial charge on any atom is 0.271 e. The maximum absolute atomic E-state index is 13.0. The first-order valence-corrected chi connectivity index (χ1v) is 9.41. The number of phenolic OH excluding ortho intramolecular Hbond substituents is 1. The van der Waals surface area contributed by atoms with Gasteiger partial charge in [-0.25, -0.2) is 0 Å². The second kappa shape index (κ2) is 7.56. The van der Waals surface area contributed by atoms with Crippen LogP contribution in [0.25, 0.3) is 6.08 Å². The number of benzene rings is 2. The average molecular weight is 387 g/mol. The molecular formula is C20H19ClN2O2S. The molecule has 1 N–H and O–H groups in total. The zero-order chi connectivity index (χ0) is 18.8. The van der Waals surface area contributed by atoms with Crippen LogP contribution in [0.2, 0.25) is 5.02 Å². The SMILES string of the molecule is Cc1cccc(N2C(=O)/C(=C/c3ccc(O)c(Cl)c3)SC2=NC(C)C)c1. The van der Waals surface area contributed by atoms with Crippen molar-refractivity contribution in [1.82, 2.24) is 0 Å². The molecule has 1 fully saturated rings. The Morgan fingerprint density at radius 1 is 1.23 bits per heavy atom. The van der Waals surface area contributed by atoms with Crippen LogP contribution in [0.4, 0.5) is 5.69 Å². The van der Waals surface area contributed by atoms with E-state index in [1.165, 1.54) is 17.8 Å². The molecule has 2 aromatic rings. The summed E-state index contributed by atoms with van der Waals surface area (Å²) < 4.78 is 0. The smallest absolute Gasteiger partial charge is 0.271 e. The average Bonchev–Trinajstić information content (AvgIpc) is 2.86. The molecule has 1 amide bonds. The lowest BCUT2D eigenvalue weighted by atomic mass is 10.2. The molecule has 0 bridgehead atoms. The Bertz CT molecular complexity index is 922. The van der Waals surface area contributed by atoms with E-state index in [0.717, 1.165) is 16.8 Å². The van der Waals surface area contributed by atoms with E-state index in [-0.39, 0.29) is 22.7 Å². The van der Waals surface area contributed by atoms with Crippen molar-refractivity contribution >= 4 is 46.2 Å². The summed E-state index contributed by atoms with van der Waals surface area (Å²) >= 11 is 7.31. The highest BCUT2D eigenvalue weighted by Gasteiger charge is 2.34. The van der Waals surface area contributed by atoms with Gasteiger partial charge in [-0.3, -0.25) is 14.7 Å². The molecule has 1 aliphatic rings. The lowest BCUT2D eigenvalue weighted by molar-refractivity contribution is -0.113. The number of aryl methyl sites for hydroxylation is 1. The zero-order valence-electron chi connectivity index (χ0n) is 14.7. The Balaban J connectivity index is 2.03. The van der Waals surface area contributed by atoms with Crippen LogP contribution in [-0.4, -0.2) is 22.2 Å². The minimum absolute atomic E-state index is 0.0164. The van der Waals surface area contributed by atoms with Crippen LogP contribution in [0.5, 0.6) is 5.75 Å². The first kappa shape index (κ1) is 18.5. The number of amides is 1. The van der Waals surface area contributed by atoms with Gasteiger partial charge in [-0.05, 0) is 74.0 Å². The number of nitrogens with zero attached hydrogens (tertiary/aromatic N) is 2. The number of thioether (sulfide) groups is 1. The van der Waals surface area contributed by atoms with E-state index in [0.29, 0.717) is 10.1 Å². The molecule has 1 heterocycles. The lowest BCUT2D eigenvalue weighted by Crippen LogP contribution is -2.29. The van der Waals surface area contributed by atoms with Gasteiger partial charge in [0.05, 0.1) is 15.6 Å². The van der Waals surface area contributed by atoms with Gasteiger partial charge in [-0.15, -0.1) is 0 Å². The summed E-state index contributed by atoms with van der Waals surface area (Å²) in [6.45, 7) is 5.95. The molecular weight excluding hydrogens is 368 g/mol. The highest BCUT2D eigenvalue weighted by Crippen LogP contribution is 2.37. The number of halogens is 1. The normalized spacial score (nSPS) is 17.7. The summed E-state index contributed by atoms with van der Waals surface area (Å²) in [6.07, 6.45) is 1.77. The van der Waals surface area contributed by atoms with Crippen LogP contribution in [0.3, 0.4) is 0 Å². The Labute approximate surface area is 162 Å². The molecule has 2 aromatic carbocycles. The fraction of sp³-hybridized carbons (Fsp3) is 0.200. The molecule has 1 saturated heterocycles. The summed E-state index contributed by atoms with van der Waals surface area (Å²) in [5, 5.41) is 10.5. The van der Waals surface area contributed by atoms with Crippen molar-refractivity contribution in [3.8, 4) is 5.75 Å². The fourth-order valence-corrected chi connectivity index (χ4v) is 3.84. The Kier molecular flexibility index (Phi) is 5.39. The van der Waals surface area contributed by atoms with Crippen LogP contribution in [0.15, 0.2) is 52.4 Å². The second-order valence-corrected chi connectivity index (χ2v) is 7.72. The van der Waals surface area contributed by atoms with Crippen molar-refractivity contribution in [1.29, 1.82) is 0 Å². The summed E-state index contributed by atoms with van der Waals surface area (Å²) in [5.74, 6) is -0.105. The first-order valence-electron chi connectivity index (χ1n) is 8.22. The van der Waals surface area contributed by atoms with Gasteiger partial charge in [-0.1, -0.05) is 29.8 Å². The monoisotopic (exact) mass is 386 g/mol. The van der Waals surface area contributed by atoms with Crippen molar-refractivity contribution in [2.75, 3.05) is 4.90 Å². The highest BCUT2D eigenvalue weighted by atomic mass is 35.5. The topological polar surface area (TPSA) is 52.9 Å². The van der Waals surface area contributed by atoms with Crippen molar-refractivity contribution in [3.05, 3.63) is 63.5 Å². The largest absolute Gasteiger partial charge is 0.506 e. The van der Waals surface area contributed by atoms with E-state index in [1.807, 2.05) is 45.0 Å². The van der Waals surface area contributed by atoms with E-state index in [2.05, 4.69) is 4.99 Å². The van der Waals surface area contributed by atoms with Gasteiger partial charge < -0.3 is 5.11 Å². The van der Waals surface area contributed by atoms with Crippen molar-refractivity contribution in [2.45, 2.75) is 26.8 Å². The number of anilines is 1. The summed E-state index contributed by atoms with van der Waals surface area (Å²) in [6, 6.07) is 12.7. The van der Waals surface area contributed by atoms with E-state index in [4.69, 9.17) is 11.6 Å². The molecule has 0 unspecified atom stereocenters. The number of aliphatic imine (C=N–C) groups is 1. The van der Waals surface area contributed by atoms with Gasteiger partial charge in [0.1, 0.15) is 5.75 Å². The minimum atomic E-state index is -0.121. The standard InChI is InChI=1S/C20H19ClN2O2S/c1-12(2)22-20-23(15-6-4-5-13(3)9-15)19(25)18(26-20)11-14-7-8-17(24)16(21)10-14/h4-12,24H,1-3H3/b18-11-,22-20?. The molecule has 0 atom stereocenters. The van der Waals surface area contributed by atoms with Crippen LogP contribution in [-0.2, 0) is 4.79 Å². The van der Waals surface area contributed by atoms with Gasteiger partial charge >= 0.3 is 0 Å². The fourth-order valence-electron chi connectivity index (χ4n) is 2.54. The third-order valence-corrected chi connectivity index (χ3v) is 4.99. The predicted molar refractivity (Wildman–Crippen MR) is 110 cm³/mol. The highest BCUT2D eigenvalue weighted by molar-refractivity contribution is 8.19. The van der Waals surface area contributed by atoms with Gasteiger partial charge in [0.25, 0.3) is 5.91 Å². The van der Waals surface area contributed by atoms with Crippen molar-refractivity contribution in [3.63, 3.8) is 0 Å². The van der Waals surface area contributed by atoms with Crippen LogP contribution in [0.1, 0.15) is 25.0 Å². The quantitative estimate of drug-likeness (QED) is 0.734. The number of phenols is 1. The number of aromatic hydroxyl groups is 1. The molecule has 3 rings (SSSR count). The number of hydrogen-bond acceptors (Lipinski definition) is 4. The molecule has 134 valence electrons. The van der Waals surface area contributed by atoms with Gasteiger partial charge in [0.15, 0.2) is 5.17 Å². The summed E-state index contributed by atoms with van der Waals surface area (Å²) in [5.41, 5.74) is 2.62. The molecule has 6 heteroatoms. The summed E-state index contributed by atoms with van der Waals surface area (Å²) in [7, 11) is 0. The number of amidine groups is 1. The third kappa shape index (κ3) is 3.94. The molecule has 0 saturated carbocycles. The van der Waals surface area contributed by atoms with Crippen molar-refractivity contribution < 1.29 is 9.90 Å². The Hall–Kier alpha value is -2.24. The number of hydrogen-bond donors (Lipinski definition) is 1. The maximum atomic E-state index is 13.0. The minimum Gasteiger partial charge on any atom is -0.506 e.